The normalized spacial score (nSPS) is 12.0. The summed E-state index contributed by atoms with van der Waals surface area (Å²) in [5, 5.41) is 16.5. The summed E-state index contributed by atoms with van der Waals surface area (Å²) in [5.74, 6) is 0.851. The molecule has 0 aromatic heterocycles. The van der Waals surface area contributed by atoms with Crippen molar-refractivity contribution in [3.63, 3.8) is 0 Å². The minimum atomic E-state index is -0.158. The molecule has 7 nitrogen and oxygen atoms in total. The van der Waals surface area contributed by atoms with Crippen LogP contribution in [0, 0.1) is 6.92 Å². The highest BCUT2D eigenvalue weighted by Crippen LogP contribution is 2.19. The van der Waals surface area contributed by atoms with Gasteiger partial charge in [0.25, 0.3) is 0 Å². The predicted molar refractivity (Wildman–Crippen MR) is 100 cm³/mol. The Kier molecular flexibility index (Phi) is 7.45. The van der Waals surface area contributed by atoms with Crippen LogP contribution in [0.3, 0.4) is 0 Å². The summed E-state index contributed by atoms with van der Waals surface area (Å²) in [6, 6.07) is 15.3. The molecule has 2 aromatic rings. The number of hydrogen-bond acceptors (Lipinski definition) is 6. The fraction of sp³-hybridized carbons (Fsp3) is 0.263. The lowest BCUT2D eigenvalue weighted by atomic mass is 10.0. The molecule has 3 N–H and O–H groups in total. The average molecular weight is 357 g/mol. The van der Waals surface area contributed by atoms with E-state index in [0.717, 1.165) is 22.4 Å². The van der Waals surface area contributed by atoms with Crippen LogP contribution in [-0.2, 0) is 16.3 Å². The Hall–Kier alpha value is -3.06. The number of aryl methyl sites for hydroxylation is 1. The van der Waals surface area contributed by atoms with Gasteiger partial charge in [-0.15, -0.1) is 0 Å². The Morgan fingerprint density at radius 2 is 1.81 bits per heavy atom. The van der Waals surface area contributed by atoms with E-state index < -0.39 is 0 Å². The van der Waals surface area contributed by atoms with Gasteiger partial charge in [-0.05, 0) is 24.1 Å². The average Bonchev–Trinajstić information content (AvgIpc) is 2.66. The van der Waals surface area contributed by atoms with Crippen LogP contribution in [0.25, 0.3) is 0 Å². The lowest BCUT2D eigenvalue weighted by molar-refractivity contribution is 0.0987. The van der Waals surface area contributed by atoms with Crippen LogP contribution in [0.2, 0.25) is 0 Å². The van der Waals surface area contributed by atoms with Gasteiger partial charge in [-0.25, -0.2) is 0 Å². The second-order valence-electron chi connectivity index (χ2n) is 5.37. The Bertz CT molecular complexity index is 775. The molecular weight excluding hydrogens is 334 g/mol. The van der Waals surface area contributed by atoms with Gasteiger partial charge in [0, 0.05) is 5.56 Å². The molecule has 2 rings (SSSR count). The fourth-order valence-corrected chi connectivity index (χ4v) is 2.28. The summed E-state index contributed by atoms with van der Waals surface area (Å²) in [4.78, 5) is 9.83. The fourth-order valence-electron chi connectivity index (χ4n) is 2.28. The number of ether oxygens (including phenoxy) is 1. The van der Waals surface area contributed by atoms with Crippen molar-refractivity contribution in [2.24, 2.45) is 16.0 Å². The molecular formula is C19H23N3O4. The molecule has 0 saturated heterocycles. The number of nitrogens with zero attached hydrogens (tertiary/aromatic N) is 2. The Morgan fingerprint density at radius 3 is 2.54 bits per heavy atom. The van der Waals surface area contributed by atoms with Crippen molar-refractivity contribution in [3.05, 3.63) is 65.2 Å². The Morgan fingerprint density at radius 1 is 1.08 bits per heavy atom. The molecule has 0 aliphatic carbocycles. The van der Waals surface area contributed by atoms with E-state index in [4.69, 9.17) is 25.3 Å². The third kappa shape index (κ3) is 5.22. The maximum atomic E-state index is 8.78. The minimum Gasteiger partial charge on any atom is -0.489 e. The summed E-state index contributed by atoms with van der Waals surface area (Å²) in [6.07, 6.45) is 0. The molecule has 0 unspecified atom stereocenters. The maximum absolute atomic E-state index is 8.78. The van der Waals surface area contributed by atoms with Gasteiger partial charge in [-0.1, -0.05) is 52.8 Å². The van der Waals surface area contributed by atoms with Crippen LogP contribution < -0.4 is 10.5 Å². The van der Waals surface area contributed by atoms with Gasteiger partial charge in [-0.2, -0.15) is 0 Å². The van der Waals surface area contributed by atoms with Gasteiger partial charge in [-0.3, -0.25) is 0 Å². The number of rotatable bonds is 9. The van der Waals surface area contributed by atoms with E-state index in [9.17, 15) is 0 Å². The zero-order valence-electron chi connectivity index (χ0n) is 14.9. The second kappa shape index (κ2) is 10.0. The molecule has 0 atom stereocenters. The number of nitrogens with two attached hydrogens (primary N) is 1. The summed E-state index contributed by atoms with van der Waals surface area (Å²) >= 11 is 0. The van der Waals surface area contributed by atoms with Gasteiger partial charge in [0.05, 0.1) is 6.61 Å². The molecule has 0 spiro atoms. The van der Waals surface area contributed by atoms with Gasteiger partial charge in [0.1, 0.15) is 26.1 Å². The van der Waals surface area contributed by atoms with Gasteiger partial charge in [0.2, 0.25) is 0 Å². The van der Waals surface area contributed by atoms with E-state index in [1.165, 1.54) is 7.11 Å². The van der Waals surface area contributed by atoms with Crippen molar-refractivity contribution < 1.29 is 19.5 Å². The van der Waals surface area contributed by atoms with E-state index in [2.05, 4.69) is 10.3 Å². The third-order valence-electron chi connectivity index (χ3n) is 3.52. The van der Waals surface area contributed by atoms with Crippen LogP contribution in [0.5, 0.6) is 5.75 Å². The van der Waals surface area contributed by atoms with Gasteiger partial charge in [0.15, 0.2) is 11.5 Å². The minimum absolute atomic E-state index is 0.0407. The SMILES string of the molecule is CO/N=C(/C(N)=N/OCCO)c1ccccc1COc1ccccc1C. The molecule has 138 valence electrons. The summed E-state index contributed by atoms with van der Waals surface area (Å²) in [5.41, 5.74) is 8.93. The van der Waals surface area contributed by atoms with E-state index in [0.29, 0.717) is 12.3 Å². The third-order valence-corrected chi connectivity index (χ3v) is 3.52. The molecule has 26 heavy (non-hydrogen) atoms. The van der Waals surface area contributed by atoms with E-state index in [1.807, 2.05) is 55.5 Å². The largest absolute Gasteiger partial charge is 0.489 e. The molecule has 0 fully saturated rings. The lowest BCUT2D eigenvalue weighted by Gasteiger charge is -2.13. The molecule has 0 aliphatic rings. The number of aliphatic hydroxyl groups is 1. The van der Waals surface area contributed by atoms with Crippen molar-refractivity contribution in [3.8, 4) is 5.75 Å². The second-order valence-corrected chi connectivity index (χ2v) is 5.37. The first-order valence-electron chi connectivity index (χ1n) is 8.12. The number of aliphatic hydroxyl groups excluding tert-OH is 1. The Balaban J connectivity index is 2.26. The maximum Gasteiger partial charge on any atom is 0.193 e. The smallest absolute Gasteiger partial charge is 0.193 e. The number of oxime groups is 2. The van der Waals surface area contributed by atoms with Gasteiger partial charge < -0.3 is 25.3 Å². The molecule has 0 aliphatic heterocycles. The molecule has 2 aromatic carbocycles. The predicted octanol–water partition coefficient (Wildman–Crippen LogP) is 2.21. The molecule has 0 amide bonds. The number of para-hydroxylation sites is 1. The van der Waals surface area contributed by atoms with Crippen molar-refractivity contribution in [1.82, 2.24) is 0 Å². The highest BCUT2D eigenvalue weighted by molar-refractivity contribution is 6.47. The molecule has 0 bridgehead atoms. The van der Waals surface area contributed by atoms with Crippen LogP contribution >= 0.6 is 0 Å². The summed E-state index contributed by atoms with van der Waals surface area (Å²) in [7, 11) is 1.42. The van der Waals surface area contributed by atoms with Gasteiger partial charge >= 0.3 is 0 Å². The summed E-state index contributed by atoms with van der Waals surface area (Å²) in [6.45, 7) is 2.20. The molecule has 0 radical (unpaired) electrons. The van der Waals surface area contributed by atoms with Crippen LogP contribution in [0.1, 0.15) is 16.7 Å². The Labute approximate surface area is 152 Å². The summed E-state index contributed by atoms with van der Waals surface area (Å²) < 4.78 is 5.93. The van der Waals surface area contributed by atoms with E-state index >= 15 is 0 Å². The zero-order chi connectivity index (χ0) is 18.8. The quantitative estimate of drug-likeness (QED) is 0.310. The van der Waals surface area contributed by atoms with E-state index in [-0.39, 0.29) is 19.0 Å². The first kappa shape index (κ1) is 19.3. The van der Waals surface area contributed by atoms with Crippen LogP contribution in [0.4, 0.5) is 0 Å². The van der Waals surface area contributed by atoms with E-state index in [1.54, 1.807) is 0 Å². The standard InChI is InChI=1S/C19H23N3O4/c1-14-7-3-6-10-17(14)25-13-15-8-4-5-9-16(15)18(21-24-2)19(20)22-26-12-11-23/h3-10,23H,11-13H2,1-2H3,(H2,20,22)/b21-18+. The number of amidine groups is 1. The first-order chi connectivity index (χ1) is 12.7. The van der Waals surface area contributed by atoms with Crippen LogP contribution in [0.15, 0.2) is 58.8 Å². The van der Waals surface area contributed by atoms with Crippen molar-refractivity contribution in [2.45, 2.75) is 13.5 Å². The highest BCUT2D eigenvalue weighted by atomic mass is 16.6. The zero-order valence-corrected chi connectivity index (χ0v) is 14.9. The highest BCUT2D eigenvalue weighted by Gasteiger charge is 2.15. The van der Waals surface area contributed by atoms with Crippen molar-refractivity contribution >= 4 is 11.5 Å². The molecule has 0 heterocycles. The number of hydrogen-bond donors (Lipinski definition) is 2. The molecule has 0 saturated carbocycles. The lowest BCUT2D eigenvalue weighted by Crippen LogP contribution is -2.27. The topological polar surface area (TPSA) is 98.7 Å². The monoisotopic (exact) mass is 357 g/mol. The van der Waals surface area contributed by atoms with Crippen LogP contribution in [-0.4, -0.2) is 37.0 Å². The van der Waals surface area contributed by atoms with Crippen molar-refractivity contribution in [1.29, 1.82) is 0 Å². The molecule has 7 heteroatoms. The number of benzene rings is 2. The van der Waals surface area contributed by atoms with Crippen molar-refractivity contribution in [2.75, 3.05) is 20.3 Å². The first-order valence-corrected chi connectivity index (χ1v) is 8.12.